The summed E-state index contributed by atoms with van der Waals surface area (Å²) in [4.78, 5) is 22.9. The second-order valence-corrected chi connectivity index (χ2v) is 8.36. The number of pyridine rings is 2. The number of nitrogens with zero attached hydrogens (tertiary/aromatic N) is 5. The molecule has 182 valence electrons. The van der Waals surface area contributed by atoms with E-state index in [1.807, 2.05) is 60.7 Å². The van der Waals surface area contributed by atoms with E-state index in [-0.39, 0.29) is 11.3 Å². The molecule has 0 spiro atoms. The minimum atomic E-state index is -1.23. The Hall–Kier alpha value is -5.11. The number of aromatic nitrogens is 2. The molecule has 0 bridgehead atoms. The number of aromatic hydroxyl groups is 1. The highest BCUT2D eigenvalue weighted by atomic mass is 16.4. The van der Waals surface area contributed by atoms with Gasteiger partial charge in [0, 0.05) is 23.5 Å². The molecule has 0 fully saturated rings. The van der Waals surface area contributed by atoms with Gasteiger partial charge in [0.15, 0.2) is 5.75 Å². The van der Waals surface area contributed by atoms with Gasteiger partial charge in [-0.2, -0.15) is 5.11 Å². The highest BCUT2D eigenvalue weighted by molar-refractivity contribution is 6.08. The molecule has 0 unspecified atom stereocenters. The molecule has 2 heterocycles. The Labute approximate surface area is 213 Å². The SMILES string of the molecule is O=C(O)c1c(O)c(/N=N/c2ccc(N(Cc3ccccn3)Cc3ccccn3)cc2)cc2ccccc12. The van der Waals surface area contributed by atoms with Gasteiger partial charge in [0.2, 0.25) is 0 Å². The van der Waals surface area contributed by atoms with Crippen molar-refractivity contribution in [2.45, 2.75) is 13.1 Å². The van der Waals surface area contributed by atoms with Crippen LogP contribution in [0.3, 0.4) is 0 Å². The van der Waals surface area contributed by atoms with Crippen molar-refractivity contribution in [1.29, 1.82) is 0 Å². The number of aromatic carboxylic acids is 1. The summed E-state index contributed by atoms with van der Waals surface area (Å²) in [6.07, 6.45) is 3.55. The fourth-order valence-electron chi connectivity index (χ4n) is 4.07. The van der Waals surface area contributed by atoms with Crippen LogP contribution < -0.4 is 4.90 Å². The van der Waals surface area contributed by atoms with Crippen LogP contribution in [0.1, 0.15) is 21.7 Å². The number of carboxylic acid groups (broad SMARTS) is 1. The highest BCUT2D eigenvalue weighted by Crippen LogP contribution is 2.37. The zero-order valence-corrected chi connectivity index (χ0v) is 19.8. The molecule has 0 aliphatic carbocycles. The van der Waals surface area contributed by atoms with Crippen LogP contribution in [0.15, 0.2) is 114 Å². The lowest BCUT2D eigenvalue weighted by molar-refractivity contribution is 0.0696. The van der Waals surface area contributed by atoms with Gasteiger partial charge in [-0.3, -0.25) is 9.97 Å². The monoisotopic (exact) mass is 489 g/mol. The van der Waals surface area contributed by atoms with E-state index in [9.17, 15) is 15.0 Å². The number of benzene rings is 3. The normalized spacial score (nSPS) is 11.1. The molecule has 5 aromatic rings. The molecule has 0 aliphatic heterocycles. The van der Waals surface area contributed by atoms with E-state index < -0.39 is 11.7 Å². The number of rotatable bonds is 8. The van der Waals surface area contributed by atoms with Crippen molar-refractivity contribution in [2.75, 3.05) is 4.90 Å². The van der Waals surface area contributed by atoms with E-state index in [0.29, 0.717) is 29.5 Å². The van der Waals surface area contributed by atoms with Gasteiger partial charge in [0.1, 0.15) is 11.3 Å². The molecule has 0 aliphatic rings. The first kappa shape index (κ1) is 23.6. The standard InChI is InChI=1S/C29H23N5O3/c35-28-26(17-20-7-1-2-10-25(20)27(28)29(36)37)33-32-21-11-13-24(14-12-21)34(18-22-8-3-5-15-30-22)19-23-9-4-6-16-31-23/h1-17,35H,18-19H2,(H,36,37)/b33-32+. The van der Waals surface area contributed by atoms with E-state index in [2.05, 4.69) is 25.1 Å². The Kier molecular flexibility index (Phi) is 6.80. The minimum absolute atomic E-state index is 0.0899. The van der Waals surface area contributed by atoms with Crippen molar-refractivity contribution >= 4 is 33.8 Å². The van der Waals surface area contributed by atoms with Crippen LogP contribution >= 0.6 is 0 Å². The second-order valence-electron chi connectivity index (χ2n) is 8.36. The van der Waals surface area contributed by atoms with Crippen molar-refractivity contribution in [3.8, 4) is 5.75 Å². The van der Waals surface area contributed by atoms with Crippen LogP contribution in [0, 0.1) is 0 Å². The average Bonchev–Trinajstić information content (AvgIpc) is 2.93. The van der Waals surface area contributed by atoms with Gasteiger partial charge in [-0.05, 0) is 60.0 Å². The smallest absolute Gasteiger partial charge is 0.340 e. The molecule has 0 saturated carbocycles. The van der Waals surface area contributed by atoms with Gasteiger partial charge >= 0.3 is 5.97 Å². The minimum Gasteiger partial charge on any atom is -0.505 e. The summed E-state index contributed by atoms with van der Waals surface area (Å²) in [5.41, 5.74) is 3.28. The van der Waals surface area contributed by atoms with Crippen LogP contribution in [0.4, 0.5) is 17.1 Å². The number of anilines is 1. The van der Waals surface area contributed by atoms with Crippen molar-refractivity contribution < 1.29 is 15.0 Å². The molecular formula is C29H23N5O3. The highest BCUT2D eigenvalue weighted by Gasteiger charge is 2.18. The van der Waals surface area contributed by atoms with Gasteiger partial charge in [0.05, 0.1) is 30.2 Å². The van der Waals surface area contributed by atoms with Gasteiger partial charge in [-0.1, -0.05) is 36.4 Å². The number of hydrogen-bond donors (Lipinski definition) is 2. The van der Waals surface area contributed by atoms with E-state index in [4.69, 9.17) is 0 Å². The van der Waals surface area contributed by atoms with Crippen molar-refractivity contribution in [3.63, 3.8) is 0 Å². The fourth-order valence-corrected chi connectivity index (χ4v) is 4.07. The van der Waals surface area contributed by atoms with Gasteiger partial charge in [-0.15, -0.1) is 5.11 Å². The molecule has 37 heavy (non-hydrogen) atoms. The second kappa shape index (κ2) is 10.7. The number of carboxylic acids is 1. The number of azo groups is 1. The summed E-state index contributed by atoms with van der Waals surface area (Å²) in [6, 6.07) is 27.7. The number of hydrogen-bond acceptors (Lipinski definition) is 7. The number of carbonyl (C=O) groups is 1. The Morgan fingerprint density at radius 3 is 2.00 bits per heavy atom. The van der Waals surface area contributed by atoms with E-state index in [1.165, 1.54) is 0 Å². The predicted molar refractivity (Wildman–Crippen MR) is 142 cm³/mol. The molecule has 2 aromatic heterocycles. The maximum absolute atomic E-state index is 11.8. The van der Waals surface area contributed by atoms with Crippen LogP contribution in [-0.2, 0) is 13.1 Å². The summed E-state index contributed by atoms with van der Waals surface area (Å²) >= 11 is 0. The first-order valence-electron chi connectivity index (χ1n) is 11.6. The van der Waals surface area contributed by atoms with Crippen molar-refractivity contribution in [3.05, 3.63) is 120 Å². The zero-order chi connectivity index (χ0) is 25.6. The summed E-state index contributed by atoms with van der Waals surface area (Å²) in [6.45, 7) is 1.20. The van der Waals surface area contributed by atoms with E-state index in [1.54, 1.807) is 42.7 Å². The molecular weight excluding hydrogens is 466 g/mol. The molecule has 8 nitrogen and oxygen atoms in total. The number of fused-ring (bicyclic) bond motifs is 1. The number of phenols is 1. The summed E-state index contributed by atoms with van der Waals surface area (Å²) in [5.74, 6) is -1.64. The maximum Gasteiger partial charge on any atom is 0.340 e. The first-order valence-corrected chi connectivity index (χ1v) is 11.6. The lowest BCUT2D eigenvalue weighted by Crippen LogP contribution is -2.23. The summed E-state index contributed by atoms with van der Waals surface area (Å²) < 4.78 is 0. The summed E-state index contributed by atoms with van der Waals surface area (Å²) in [7, 11) is 0. The Morgan fingerprint density at radius 2 is 1.41 bits per heavy atom. The van der Waals surface area contributed by atoms with E-state index >= 15 is 0 Å². The van der Waals surface area contributed by atoms with Crippen LogP contribution in [0.25, 0.3) is 10.8 Å². The molecule has 0 saturated heterocycles. The predicted octanol–water partition coefficient (Wildman–Crippen LogP) is 6.66. The van der Waals surface area contributed by atoms with Crippen molar-refractivity contribution in [1.82, 2.24) is 9.97 Å². The third kappa shape index (κ3) is 5.43. The first-order chi connectivity index (χ1) is 18.1. The van der Waals surface area contributed by atoms with Gasteiger partial charge < -0.3 is 15.1 Å². The Morgan fingerprint density at radius 1 is 0.784 bits per heavy atom. The largest absolute Gasteiger partial charge is 0.505 e. The summed E-state index contributed by atoms with van der Waals surface area (Å²) in [5, 5.41) is 29.7. The molecule has 5 rings (SSSR count). The van der Waals surface area contributed by atoms with Crippen LogP contribution in [0.2, 0.25) is 0 Å². The lowest BCUT2D eigenvalue weighted by Gasteiger charge is -2.24. The average molecular weight is 490 g/mol. The quantitative estimate of drug-likeness (QED) is 0.236. The lowest BCUT2D eigenvalue weighted by atomic mass is 10.0. The third-order valence-corrected chi connectivity index (χ3v) is 5.86. The van der Waals surface area contributed by atoms with Crippen molar-refractivity contribution in [2.24, 2.45) is 10.2 Å². The topological polar surface area (TPSA) is 111 Å². The van der Waals surface area contributed by atoms with Crippen LogP contribution in [-0.4, -0.2) is 26.2 Å². The van der Waals surface area contributed by atoms with Gasteiger partial charge in [0.25, 0.3) is 0 Å². The Bertz CT molecular complexity index is 1510. The van der Waals surface area contributed by atoms with E-state index in [0.717, 1.165) is 17.1 Å². The van der Waals surface area contributed by atoms with Gasteiger partial charge in [-0.25, -0.2) is 4.79 Å². The molecule has 0 amide bonds. The molecule has 0 radical (unpaired) electrons. The molecule has 8 heteroatoms. The third-order valence-electron chi connectivity index (χ3n) is 5.86. The molecule has 2 N–H and O–H groups in total. The molecule has 3 aromatic carbocycles. The zero-order valence-electron chi connectivity index (χ0n) is 19.8. The van der Waals surface area contributed by atoms with Crippen LogP contribution in [0.5, 0.6) is 5.75 Å². The fraction of sp³-hybridized carbons (Fsp3) is 0.0690. The molecule has 0 atom stereocenters. The Balaban J connectivity index is 1.42. The maximum atomic E-state index is 11.8.